The monoisotopic (exact) mass is 214 g/mol. The number of carbonyl (C=O) groups excluding carboxylic acids is 1. The van der Waals surface area contributed by atoms with Gasteiger partial charge in [-0.15, -0.1) is 0 Å². The summed E-state index contributed by atoms with van der Waals surface area (Å²) in [4.78, 5) is 13.9. The number of amides is 1. The van der Waals surface area contributed by atoms with Crippen molar-refractivity contribution in [2.24, 2.45) is 5.92 Å². The quantitative estimate of drug-likeness (QED) is 0.724. The molecule has 2 unspecified atom stereocenters. The first kappa shape index (κ1) is 12.5. The van der Waals surface area contributed by atoms with Gasteiger partial charge in [-0.2, -0.15) is 0 Å². The molecule has 2 atom stereocenters. The summed E-state index contributed by atoms with van der Waals surface area (Å²) < 4.78 is 5.33. The third kappa shape index (κ3) is 3.18. The second-order valence-corrected chi connectivity index (χ2v) is 4.15. The van der Waals surface area contributed by atoms with Crippen LogP contribution >= 0.6 is 0 Å². The Balaban J connectivity index is 2.44. The zero-order valence-electron chi connectivity index (χ0n) is 9.95. The maximum Gasteiger partial charge on any atom is 0.229 e. The molecule has 0 spiro atoms. The molecule has 0 radical (unpaired) electrons. The first-order valence-corrected chi connectivity index (χ1v) is 5.70. The first-order valence-electron chi connectivity index (χ1n) is 5.70. The average Bonchev–Trinajstić information content (AvgIpc) is 2.72. The standard InChI is InChI=1S/C11H22N2O2/c1-4-5-6-13(3)11(14)9-7-15-8-10(9)12-2/h9-10,12H,4-8H2,1-3H3. The van der Waals surface area contributed by atoms with Crippen molar-refractivity contribution in [1.29, 1.82) is 0 Å². The van der Waals surface area contributed by atoms with Crippen LogP contribution in [0.15, 0.2) is 0 Å². The normalized spacial score (nSPS) is 25.5. The van der Waals surface area contributed by atoms with Crippen LogP contribution in [0.25, 0.3) is 0 Å². The van der Waals surface area contributed by atoms with Crippen molar-refractivity contribution in [2.45, 2.75) is 25.8 Å². The van der Waals surface area contributed by atoms with Crippen molar-refractivity contribution in [1.82, 2.24) is 10.2 Å². The minimum atomic E-state index is -0.00291. The molecule has 88 valence electrons. The van der Waals surface area contributed by atoms with E-state index in [9.17, 15) is 4.79 Å². The lowest BCUT2D eigenvalue weighted by Crippen LogP contribution is -2.43. The molecule has 0 aromatic rings. The van der Waals surface area contributed by atoms with Gasteiger partial charge in [0.15, 0.2) is 0 Å². The molecule has 1 aliphatic heterocycles. The largest absolute Gasteiger partial charge is 0.379 e. The number of hydrogen-bond donors (Lipinski definition) is 1. The number of hydrogen-bond acceptors (Lipinski definition) is 3. The summed E-state index contributed by atoms with van der Waals surface area (Å²) >= 11 is 0. The third-order valence-corrected chi connectivity index (χ3v) is 2.99. The van der Waals surface area contributed by atoms with Crippen LogP contribution in [0, 0.1) is 5.92 Å². The van der Waals surface area contributed by atoms with Crippen LogP contribution in [-0.2, 0) is 9.53 Å². The van der Waals surface area contributed by atoms with Gasteiger partial charge in [-0.25, -0.2) is 0 Å². The van der Waals surface area contributed by atoms with Crippen molar-refractivity contribution >= 4 is 5.91 Å². The Morgan fingerprint density at radius 3 is 2.87 bits per heavy atom. The lowest BCUT2D eigenvalue weighted by Gasteiger charge is -2.23. The van der Waals surface area contributed by atoms with E-state index < -0.39 is 0 Å². The maximum absolute atomic E-state index is 12.0. The summed E-state index contributed by atoms with van der Waals surface area (Å²) in [5.41, 5.74) is 0. The summed E-state index contributed by atoms with van der Waals surface area (Å²) in [6.45, 7) is 4.19. The van der Waals surface area contributed by atoms with Crippen molar-refractivity contribution in [2.75, 3.05) is 33.9 Å². The molecule has 0 aliphatic carbocycles. The molecule has 1 rings (SSSR count). The van der Waals surface area contributed by atoms with Crippen molar-refractivity contribution < 1.29 is 9.53 Å². The SMILES string of the molecule is CCCCN(C)C(=O)C1COCC1NC. The van der Waals surface area contributed by atoms with Gasteiger partial charge >= 0.3 is 0 Å². The molecule has 0 saturated carbocycles. The highest BCUT2D eigenvalue weighted by Crippen LogP contribution is 2.16. The summed E-state index contributed by atoms with van der Waals surface area (Å²) in [5, 5.41) is 3.13. The average molecular weight is 214 g/mol. The number of ether oxygens (including phenoxy) is 1. The van der Waals surface area contributed by atoms with Crippen molar-refractivity contribution in [3.63, 3.8) is 0 Å². The number of carbonyl (C=O) groups is 1. The van der Waals surface area contributed by atoms with E-state index in [1.54, 1.807) is 0 Å². The van der Waals surface area contributed by atoms with Gasteiger partial charge in [0.1, 0.15) is 0 Å². The van der Waals surface area contributed by atoms with Crippen LogP contribution < -0.4 is 5.32 Å². The highest BCUT2D eigenvalue weighted by Gasteiger charge is 2.34. The fourth-order valence-corrected chi connectivity index (χ4v) is 1.87. The molecule has 4 heteroatoms. The molecular weight excluding hydrogens is 192 g/mol. The highest BCUT2D eigenvalue weighted by molar-refractivity contribution is 5.79. The molecule has 1 aliphatic rings. The predicted molar refractivity (Wildman–Crippen MR) is 59.7 cm³/mol. The summed E-state index contributed by atoms with van der Waals surface area (Å²) in [5.74, 6) is 0.206. The van der Waals surface area contributed by atoms with E-state index in [1.165, 1.54) is 0 Å². The van der Waals surface area contributed by atoms with E-state index in [-0.39, 0.29) is 17.9 Å². The summed E-state index contributed by atoms with van der Waals surface area (Å²) in [6, 6.07) is 0.182. The molecule has 1 saturated heterocycles. The Morgan fingerprint density at radius 1 is 1.53 bits per heavy atom. The lowest BCUT2D eigenvalue weighted by molar-refractivity contribution is -0.134. The van der Waals surface area contributed by atoms with Gasteiger partial charge in [0, 0.05) is 19.6 Å². The second kappa shape index (κ2) is 6.08. The Morgan fingerprint density at radius 2 is 2.27 bits per heavy atom. The smallest absolute Gasteiger partial charge is 0.229 e. The lowest BCUT2D eigenvalue weighted by atomic mass is 10.0. The Hall–Kier alpha value is -0.610. The van der Waals surface area contributed by atoms with E-state index in [4.69, 9.17) is 4.74 Å². The molecule has 1 heterocycles. The number of nitrogens with one attached hydrogen (secondary N) is 1. The van der Waals surface area contributed by atoms with Crippen LogP contribution in [0.3, 0.4) is 0 Å². The molecule has 0 aromatic carbocycles. The number of rotatable bonds is 5. The number of likely N-dealkylation sites (N-methyl/N-ethyl adjacent to an activating group) is 1. The third-order valence-electron chi connectivity index (χ3n) is 2.99. The Labute approximate surface area is 92.0 Å². The molecular formula is C11H22N2O2. The van der Waals surface area contributed by atoms with Gasteiger partial charge < -0.3 is 15.0 Å². The highest BCUT2D eigenvalue weighted by atomic mass is 16.5. The molecule has 0 bridgehead atoms. The van der Waals surface area contributed by atoms with E-state index in [2.05, 4.69) is 12.2 Å². The first-order chi connectivity index (χ1) is 7.20. The zero-order chi connectivity index (χ0) is 11.3. The zero-order valence-corrected chi connectivity index (χ0v) is 9.95. The van der Waals surface area contributed by atoms with E-state index in [1.807, 2.05) is 19.0 Å². The fraction of sp³-hybridized carbons (Fsp3) is 0.909. The Kier molecular flexibility index (Phi) is 5.05. The molecule has 4 nitrogen and oxygen atoms in total. The van der Waals surface area contributed by atoms with Crippen LogP contribution in [0.4, 0.5) is 0 Å². The van der Waals surface area contributed by atoms with Gasteiger partial charge in [0.2, 0.25) is 5.91 Å². The van der Waals surface area contributed by atoms with Gasteiger partial charge in [-0.1, -0.05) is 13.3 Å². The molecule has 1 amide bonds. The van der Waals surface area contributed by atoms with E-state index in [0.29, 0.717) is 13.2 Å². The minimum absolute atomic E-state index is 0.00291. The maximum atomic E-state index is 12.0. The Bertz CT molecular complexity index is 209. The minimum Gasteiger partial charge on any atom is -0.379 e. The van der Waals surface area contributed by atoms with Gasteiger partial charge in [-0.05, 0) is 13.5 Å². The van der Waals surface area contributed by atoms with E-state index >= 15 is 0 Å². The van der Waals surface area contributed by atoms with E-state index in [0.717, 1.165) is 19.4 Å². The van der Waals surface area contributed by atoms with Crippen LogP contribution in [0.1, 0.15) is 19.8 Å². The number of nitrogens with zero attached hydrogens (tertiary/aromatic N) is 1. The van der Waals surface area contributed by atoms with Crippen LogP contribution in [0.5, 0.6) is 0 Å². The fourth-order valence-electron chi connectivity index (χ4n) is 1.87. The number of unbranched alkanes of at least 4 members (excludes halogenated alkanes) is 1. The van der Waals surface area contributed by atoms with Crippen LogP contribution in [0.2, 0.25) is 0 Å². The van der Waals surface area contributed by atoms with Crippen LogP contribution in [-0.4, -0.2) is 50.7 Å². The molecule has 1 N–H and O–H groups in total. The predicted octanol–water partition coefficient (Wildman–Crippen LogP) is 0.479. The van der Waals surface area contributed by atoms with Crippen molar-refractivity contribution in [3.8, 4) is 0 Å². The molecule has 1 fully saturated rings. The summed E-state index contributed by atoms with van der Waals surface area (Å²) in [6.07, 6.45) is 2.19. The molecule has 0 aromatic heterocycles. The second-order valence-electron chi connectivity index (χ2n) is 4.15. The van der Waals surface area contributed by atoms with Gasteiger partial charge in [0.05, 0.1) is 19.1 Å². The molecule has 15 heavy (non-hydrogen) atoms. The van der Waals surface area contributed by atoms with Gasteiger partial charge in [-0.3, -0.25) is 4.79 Å². The topological polar surface area (TPSA) is 41.6 Å². The van der Waals surface area contributed by atoms with Gasteiger partial charge in [0.25, 0.3) is 0 Å². The van der Waals surface area contributed by atoms with Crippen molar-refractivity contribution in [3.05, 3.63) is 0 Å². The summed E-state index contributed by atoms with van der Waals surface area (Å²) in [7, 11) is 3.76.